The van der Waals surface area contributed by atoms with Gasteiger partial charge in [-0.05, 0) is 25.1 Å². The first-order valence-electron chi connectivity index (χ1n) is 8.40. The van der Waals surface area contributed by atoms with Gasteiger partial charge in [0.1, 0.15) is 0 Å². The standard InChI is InChI=1S/C20H20N2O3S/c1-14-7-9-16(10-8-14)26(23,24)21-11-15-12-25-13-19-20(15)17-5-3-4-6-18(17)22(19)2/h3-11,21H,12-13H2,1-2H3/b15-11+. The highest BCUT2D eigenvalue weighted by Crippen LogP contribution is 2.34. The number of benzene rings is 2. The van der Waals surface area contributed by atoms with Crippen molar-refractivity contribution in [2.75, 3.05) is 6.61 Å². The zero-order chi connectivity index (χ0) is 18.3. The number of hydrogen-bond acceptors (Lipinski definition) is 3. The Labute approximate surface area is 153 Å². The smallest absolute Gasteiger partial charge is 0.261 e. The molecule has 4 rings (SSSR count). The maximum absolute atomic E-state index is 12.6. The van der Waals surface area contributed by atoms with Crippen LogP contribution in [0.4, 0.5) is 0 Å². The summed E-state index contributed by atoms with van der Waals surface area (Å²) in [7, 11) is -1.61. The molecule has 0 fully saturated rings. The minimum atomic E-state index is -3.61. The number of para-hydroxylation sites is 1. The maximum atomic E-state index is 12.6. The van der Waals surface area contributed by atoms with Gasteiger partial charge in [0.25, 0.3) is 10.0 Å². The van der Waals surface area contributed by atoms with E-state index in [1.807, 2.05) is 26.1 Å². The van der Waals surface area contributed by atoms with Crippen LogP contribution in [0.2, 0.25) is 0 Å². The van der Waals surface area contributed by atoms with Crippen LogP contribution in [0.1, 0.15) is 16.8 Å². The van der Waals surface area contributed by atoms with Crippen LogP contribution in [0.25, 0.3) is 16.5 Å². The van der Waals surface area contributed by atoms with E-state index in [1.165, 1.54) is 0 Å². The predicted molar refractivity (Wildman–Crippen MR) is 102 cm³/mol. The third-order valence-electron chi connectivity index (χ3n) is 4.77. The summed E-state index contributed by atoms with van der Waals surface area (Å²) in [5.41, 5.74) is 5.07. The summed E-state index contributed by atoms with van der Waals surface area (Å²) in [6, 6.07) is 14.9. The van der Waals surface area contributed by atoms with Crippen molar-refractivity contribution in [1.82, 2.24) is 9.29 Å². The van der Waals surface area contributed by atoms with Crippen LogP contribution >= 0.6 is 0 Å². The number of hydrogen-bond donors (Lipinski definition) is 1. The number of ether oxygens (including phenoxy) is 1. The Kier molecular flexibility index (Phi) is 4.09. The van der Waals surface area contributed by atoms with Gasteiger partial charge >= 0.3 is 0 Å². The molecule has 3 aromatic rings. The SMILES string of the molecule is Cc1ccc(S(=O)(=O)N/C=C2\COCc3c2c2ccccc2n3C)cc1. The quantitative estimate of drug-likeness (QED) is 0.771. The van der Waals surface area contributed by atoms with E-state index in [-0.39, 0.29) is 4.90 Å². The highest BCUT2D eigenvalue weighted by molar-refractivity contribution is 7.89. The molecule has 0 aliphatic carbocycles. The van der Waals surface area contributed by atoms with Crippen molar-refractivity contribution in [3.05, 3.63) is 71.6 Å². The van der Waals surface area contributed by atoms with Crippen molar-refractivity contribution < 1.29 is 13.2 Å². The summed E-state index contributed by atoms with van der Waals surface area (Å²) in [6.07, 6.45) is 1.56. The highest BCUT2D eigenvalue weighted by Gasteiger charge is 2.23. The average molecular weight is 368 g/mol. The van der Waals surface area contributed by atoms with E-state index in [0.717, 1.165) is 33.3 Å². The van der Waals surface area contributed by atoms with Crippen molar-refractivity contribution in [2.45, 2.75) is 18.4 Å². The van der Waals surface area contributed by atoms with Crippen LogP contribution in [0.5, 0.6) is 0 Å². The molecule has 0 amide bonds. The first-order chi connectivity index (χ1) is 12.5. The van der Waals surface area contributed by atoms with Crippen LogP contribution in [0.15, 0.2) is 59.6 Å². The number of aromatic nitrogens is 1. The molecule has 0 radical (unpaired) electrons. The van der Waals surface area contributed by atoms with Crippen molar-refractivity contribution in [3.63, 3.8) is 0 Å². The molecule has 0 saturated heterocycles. The van der Waals surface area contributed by atoms with E-state index >= 15 is 0 Å². The molecule has 2 heterocycles. The zero-order valence-electron chi connectivity index (χ0n) is 14.7. The fourth-order valence-electron chi connectivity index (χ4n) is 3.35. The minimum absolute atomic E-state index is 0.245. The molecule has 0 unspecified atom stereocenters. The van der Waals surface area contributed by atoms with Gasteiger partial charge in [-0.25, -0.2) is 8.42 Å². The fraction of sp³-hybridized carbons (Fsp3) is 0.200. The van der Waals surface area contributed by atoms with Crippen molar-refractivity contribution in [2.24, 2.45) is 7.05 Å². The van der Waals surface area contributed by atoms with Crippen molar-refractivity contribution >= 4 is 26.5 Å². The van der Waals surface area contributed by atoms with Crippen LogP contribution in [0, 0.1) is 6.92 Å². The van der Waals surface area contributed by atoms with E-state index < -0.39 is 10.0 Å². The van der Waals surface area contributed by atoms with E-state index in [2.05, 4.69) is 21.4 Å². The van der Waals surface area contributed by atoms with Gasteiger partial charge in [0.2, 0.25) is 0 Å². The zero-order valence-corrected chi connectivity index (χ0v) is 15.5. The maximum Gasteiger partial charge on any atom is 0.261 e. The summed E-state index contributed by atoms with van der Waals surface area (Å²) >= 11 is 0. The van der Waals surface area contributed by atoms with Crippen molar-refractivity contribution in [3.8, 4) is 0 Å². The molecule has 26 heavy (non-hydrogen) atoms. The van der Waals surface area contributed by atoms with Gasteiger partial charge in [0, 0.05) is 35.3 Å². The van der Waals surface area contributed by atoms with E-state index in [0.29, 0.717) is 13.2 Å². The monoisotopic (exact) mass is 368 g/mol. The summed E-state index contributed by atoms with van der Waals surface area (Å²) in [4.78, 5) is 0.245. The summed E-state index contributed by atoms with van der Waals surface area (Å²) in [5.74, 6) is 0. The Morgan fingerprint density at radius 2 is 1.81 bits per heavy atom. The molecule has 1 aliphatic rings. The number of rotatable bonds is 3. The summed E-state index contributed by atoms with van der Waals surface area (Å²) in [5, 5.41) is 1.11. The molecule has 5 nitrogen and oxygen atoms in total. The molecule has 0 spiro atoms. The third-order valence-corrected chi connectivity index (χ3v) is 6.09. The molecule has 2 aromatic carbocycles. The lowest BCUT2D eigenvalue weighted by atomic mass is 10.0. The third kappa shape index (κ3) is 2.81. The second-order valence-corrected chi connectivity index (χ2v) is 8.21. The fourth-order valence-corrected chi connectivity index (χ4v) is 4.28. The average Bonchev–Trinajstić information content (AvgIpc) is 2.94. The Bertz CT molecular complexity index is 1110. The summed E-state index contributed by atoms with van der Waals surface area (Å²) < 4.78 is 35.5. The Morgan fingerprint density at radius 1 is 1.08 bits per heavy atom. The van der Waals surface area contributed by atoms with Gasteiger partial charge in [-0.3, -0.25) is 4.72 Å². The summed E-state index contributed by atoms with van der Waals surface area (Å²) in [6.45, 7) is 2.81. The normalized spacial score (nSPS) is 16.0. The number of aryl methyl sites for hydroxylation is 2. The van der Waals surface area contributed by atoms with E-state index in [4.69, 9.17) is 4.74 Å². The Morgan fingerprint density at radius 3 is 2.58 bits per heavy atom. The van der Waals surface area contributed by atoms with Crippen LogP contribution in [-0.2, 0) is 28.4 Å². The predicted octanol–water partition coefficient (Wildman–Crippen LogP) is 3.34. The van der Waals surface area contributed by atoms with E-state index in [1.54, 1.807) is 30.5 Å². The molecule has 0 bridgehead atoms. The van der Waals surface area contributed by atoms with Crippen LogP contribution in [0.3, 0.4) is 0 Å². The topological polar surface area (TPSA) is 60.3 Å². The number of sulfonamides is 1. The Hall–Kier alpha value is -2.57. The molecule has 1 aromatic heterocycles. The second kappa shape index (κ2) is 6.30. The first-order valence-corrected chi connectivity index (χ1v) is 9.88. The largest absolute Gasteiger partial charge is 0.370 e. The minimum Gasteiger partial charge on any atom is -0.370 e. The molecule has 1 aliphatic heterocycles. The molecule has 134 valence electrons. The van der Waals surface area contributed by atoms with Gasteiger partial charge in [-0.2, -0.15) is 0 Å². The molecule has 6 heteroatoms. The molecule has 0 atom stereocenters. The van der Waals surface area contributed by atoms with Gasteiger partial charge in [-0.1, -0.05) is 35.9 Å². The van der Waals surface area contributed by atoms with Gasteiger partial charge in [-0.15, -0.1) is 0 Å². The highest BCUT2D eigenvalue weighted by atomic mass is 32.2. The molecular formula is C20H20N2O3S. The van der Waals surface area contributed by atoms with Gasteiger partial charge in [0.15, 0.2) is 0 Å². The lowest BCUT2D eigenvalue weighted by Crippen LogP contribution is -2.20. The Balaban J connectivity index is 1.74. The van der Waals surface area contributed by atoms with Crippen LogP contribution < -0.4 is 4.72 Å². The van der Waals surface area contributed by atoms with Gasteiger partial charge in [0.05, 0.1) is 23.8 Å². The number of nitrogens with zero attached hydrogens (tertiary/aromatic N) is 1. The van der Waals surface area contributed by atoms with Crippen LogP contribution in [-0.4, -0.2) is 19.6 Å². The lowest BCUT2D eigenvalue weighted by molar-refractivity contribution is 0.141. The second-order valence-electron chi connectivity index (χ2n) is 6.49. The first kappa shape index (κ1) is 16.9. The lowest BCUT2D eigenvalue weighted by Gasteiger charge is -2.18. The molecule has 0 saturated carbocycles. The number of fused-ring (bicyclic) bond motifs is 3. The molecular weight excluding hydrogens is 348 g/mol. The van der Waals surface area contributed by atoms with E-state index in [9.17, 15) is 8.42 Å². The number of nitrogens with one attached hydrogen (secondary N) is 1. The van der Waals surface area contributed by atoms with Crippen molar-refractivity contribution in [1.29, 1.82) is 0 Å². The van der Waals surface area contributed by atoms with Gasteiger partial charge < -0.3 is 9.30 Å². The molecule has 1 N–H and O–H groups in total.